The fourth-order valence-electron chi connectivity index (χ4n) is 8.91. The molecule has 2 nitrogen and oxygen atoms in total. The molecular formula is C51H35NOS. The Kier molecular flexibility index (Phi) is 6.80. The van der Waals surface area contributed by atoms with Crippen molar-refractivity contribution in [3.8, 4) is 33.4 Å². The number of rotatable bonds is 5. The van der Waals surface area contributed by atoms with Crippen LogP contribution in [0, 0.1) is 0 Å². The number of para-hydroxylation sites is 1. The Balaban J connectivity index is 1.16. The molecule has 8 aromatic carbocycles. The van der Waals surface area contributed by atoms with Crippen molar-refractivity contribution in [2.75, 3.05) is 4.90 Å². The van der Waals surface area contributed by atoms with Gasteiger partial charge >= 0.3 is 0 Å². The standard InChI is InChI=1S/C51H35NOS/c1-51(2)42-22-12-19-36(32-14-5-3-6-15-32)48(42)40-29-27-34(30-43(40)51)52(35-26-28-39-38-18-9-10-25-46(38)54-47(39)31-35)44-23-13-24-45-49(44)41-21-11-20-37(50(41)53-45)33-16-7-4-8-17-33/h3-31H,1-2H3. The molecule has 0 fully saturated rings. The van der Waals surface area contributed by atoms with Crippen LogP contribution < -0.4 is 4.90 Å². The highest BCUT2D eigenvalue weighted by Gasteiger charge is 2.37. The van der Waals surface area contributed by atoms with Crippen molar-refractivity contribution in [2.45, 2.75) is 19.3 Å². The first kappa shape index (κ1) is 31.1. The minimum absolute atomic E-state index is 0.189. The van der Waals surface area contributed by atoms with E-state index < -0.39 is 0 Å². The molecule has 1 aliphatic carbocycles. The van der Waals surface area contributed by atoms with Crippen LogP contribution in [-0.2, 0) is 5.41 Å². The summed E-state index contributed by atoms with van der Waals surface area (Å²) in [4.78, 5) is 2.45. The zero-order valence-electron chi connectivity index (χ0n) is 30.0. The fraction of sp³-hybridized carbons (Fsp3) is 0.0588. The van der Waals surface area contributed by atoms with Gasteiger partial charge < -0.3 is 9.32 Å². The summed E-state index contributed by atoms with van der Waals surface area (Å²) in [5, 5.41) is 4.81. The van der Waals surface area contributed by atoms with Gasteiger partial charge in [0, 0.05) is 47.9 Å². The molecule has 0 radical (unpaired) electrons. The van der Waals surface area contributed by atoms with E-state index in [2.05, 4.69) is 195 Å². The third-order valence-corrected chi connectivity index (χ3v) is 12.6. The summed E-state index contributed by atoms with van der Waals surface area (Å²) in [6.07, 6.45) is 0. The fourth-order valence-corrected chi connectivity index (χ4v) is 10.1. The highest BCUT2D eigenvalue weighted by atomic mass is 32.1. The van der Waals surface area contributed by atoms with E-state index in [1.165, 1.54) is 53.6 Å². The van der Waals surface area contributed by atoms with Crippen LogP contribution >= 0.6 is 11.3 Å². The highest BCUT2D eigenvalue weighted by Crippen LogP contribution is 2.54. The van der Waals surface area contributed by atoms with Crippen LogP contribution in [0.1, 0.15) is 25.0 Å². The Morgan fingerprint density at radius 2 is 1.13 bits per heavy atom. The Hall–Kier alpha value is -6.42. The maximum Gasteiger partial charge on any atom is 0.143 e. The largest absolute Gasteiger partial charge is 0.455 e. The number of hydrogen-bond acceptors (Lipinski definition) is 3. The molecular weight excluding hydrogens is 675 g/mol. The maximum atomic E-state index is 6.79. The van der Waals surface area contributed by atoms with Gasteiger partial charge in [-0.1, -0.05) is 147 Å². The van der Waals surface area contributed by atoms with Crippen LogP contribution in [0.25, 0.3) is 75.5 Å². The number of fused-ring (bicyclic) bond motifs is 9. The van der Waals surface area contributed by atoms with Crippen LogP contribution in [0.2, 0.25) is 0 Å². The molecule has 0 aliphatic heterocycles. The topological polar surface area (TPSA) is 16.4 Å². The first-order chi connectivity index (χ1) is 26.5. The van der Waals surface area contributed by atoms with Gasteiger partial charge in [0.1, 0.15) is 11.2 Å². The van der Waals surface area contributed by atoms with Gasteiger partial charge in [-0.05, 0) is 81.4 Å². The van der Waals surface area contributed by atoms with E-state index in [0.29, 0.717) is 0 Å². The van der Waals surface area contributed by atoms with E-state index >= 15 is 0 Å². The average Bonchev–Trinajstić information content (AvgIpc) is 3.86. The number of furan rings is 1. The molecule has 54 heavy (non-hydrogen) atoms. The van der Waals surface area contributed by atoms with Crippen LogP contribution in [0.4, 0.5) is 17.1 Å². The lowest BCUT2D eigenvalue weighted by atomic mass is 9.81. The lowest BCUT2D eigenvalue weighted by molar-refractivity contribution is 0.660. The predicted octanol–water partition coefficient (Wildman–Crippen LogP) is 15.1. The van der Waals surface area contributed by atoms with Gasteiger partial charge in [0.05, 0.1) is 11.1 Å². The van der Waals surface area contributed by atoms with Crippen molar-refractivity contribution in [2.24, 2.45) is 0 Å². The number of hydrogen-bond donors (Lipinski definition) is 0. The lowest BCUT2D eigenvalue weighted by Crippen LogP contribution is -2.16. The number of nitrogens with zero attached hydrogens (tertiary/aromatic N) is 1. The highest BCUT2D eigenvalue weighted by molar-refractivity contribution is 7.25. The van der Waals surface area contributed by atoms with E-state index in [-0.39, 0.29) is 5.41 Å². The molecule has 0 atom stereocenters. The van der Waals surface area contributed by atoms with Crippen LogP contribution in [0.15, 0.2) is 180 Å². The Labute approximate surface area is 318 Å². The molecule has 1 aliphatic rings. The van der Waals surface area contributed by atoms with Crippen molar-refractivity contribution < 1.29 is 4.42 Å². The van der Waals surface area contributed by atoms with Crippen molar-refractivity contribution in [1.29, 1.82) is 0 Å². The Morgan fingerprint density at radius 1 is 0.481 bits per heavy atom. The van der Waals surface area contributed by atoms with E-state index in [0.717, 1.165) is 50.1 Å². The molecule has 2 aromatic heterocycles. The summed E-state index contributed by atoms with van der Waals surface area (Å²) in [6.45, 7) is 4.75. The van der Waals surface area contributed by atoms with Gasteiger partial charge in [0.2, 0.25) is 0 Å². The molecule has 0 unspecified atom stereocenters. The smallest absolute Gasteiger partial charge is 0.143 e. The van der Waals surface area contributed by atoms with Crippen molar-refractivity contribution in [3.63, 3.8) is 0 Å². The molecule has 10 aromatic rings. The Morgan fingerprint density at radius 3 is 1.96 bits per heavy atom. The minimum atomic E-state index is -0.189. The summed E-state index contributed by atoms with van der Waals surface area (Å²) in [7, 11) is 0. The van der Waals surface area contributed by atoms with Crippen LogP contribution in [-0.4, -0.2) is 0 Å². The third-order valence-electron chi connectivity index (χ3n) is 11.5. The average molecular weight is 710 g/mol. The molecule has 0 saturated carbocycles. The monoisotopic (exact) mass is 709 g/mol. The summed E-state index contributed by atoms with van der Waals surface area (Å²) >= 11 is 1.86. The number of thiophene rings is 1. The molecule has 0 N–H and O–H groups in total. The van der Waals surface area contributed by atoms with Crippen LogP contribution in [0.5, 0.6) is 0 Å². The lowest BCUT2D eigenvalue weighted by Gasteiger charge is -2.28. The van der Waals surface area contributed by atoms with Gasteiger partial charge in [-0.2, -0.15) is 0 Å². The van der Waals surface area contributed by atoms with Gasteiger partial charge in [-0.15, -0.1) is 11.3 Å². The van der Waals surface area contributed by atoms with Crippen molar-refractivity contribution in [3.05, 3.63) is 187 Å². The molecule has 0 saturated heterocycles. The van der Waals surface area contributed by atoms with Crippen LogP contribution in [0.3, 0.4) is 0 Å². The van der Waals surface area contributed by atoms with Gasteiger partial charge in [-0.25, -0.2) is 0 Å². The molecule has 2 heterocycles. The second-order valence-corrected chi connectivity index (χ2v) is 15.9. The van der Waals surface area contributed by atoms with E-state index in [4.69, 9.17) is 4.42 Å². The van der Waals surface area contributed by atoms with E-state index in [9.17, 15) is 0 Å². The molecule has 3 heteroatoms. The summed E-state index contributed by atoms with van der Waals surface area (Å²) in [5.41, 5.74) is 15.0. The first-order valence-corrected chi connectivity index (χ1v) is 19.4. The quantitative estimate of drug-likeness (QED) is 0.177. The van der Waals surface area contributed by atoms with E-state index in [1.807, 2.05) is 11.3 Å². The van der Waals surface area contributed by atoms with E-state index in [1.54, 1.807) is 0 Å². The molecule has 256 valence electrons. The molecule has 0 bridgehead atoms. The normalized spacial score (nSPS) is 13.1. The molecule has 0 spiro atoms. The minimum Gasteiger partial charge on any atom is -0.455 e. The van der Waals surface area contributed by atoms with Gasteiger partial charge in [0.15, 0.2) is 0 Å². The second kappa shape index (κ2) is 11.8. The maximum absolute atomic E-state index is 6.79. The van der Waals surface area contributed by atoms with Gasteiger partial charge in [0.25, 0.3) is 0 Å². The summed E-state index contributed by atoms with van der Waals surface area (Å²) < 4.78 is 9.37. The zero-order valence-corrected chi connectivity index (χ0v) is 30.8. The SMILES string of the molecule is CC1(C)c2cc(N(c3ccc4c(c3)sc3ccccc34)c3cccc4oc5c(-c6ccccc6)cccc5c34)ccc2-c2c(-c3ccccc3)cccc21. The summed E-state index contributed by atoms with van der Waals surface area (Å²) in [6, 6.07) is 64.0. The predicted molar refractivity (Wildman–Crippen MR) is 230 cm³/mol. The second-order valence-electron chi connectivity index (χ2n) is 14.9. The van der Waals surface area contributed by atoms with Crippen molar-refractivity contribution in [1.82, 2.24) is 0 Å². The number of benzene rings is 8. The third kappa shape index (κ3) is 4.58. The Bertz CT molecular complexity index is 3080. The first-order valence-electron chi connectivity index (χ1n) is 18.6. The number of anilines is 3. The zero-order chi connectivity index (χ0) is 36.0. The van der Waals surface area contributed by atoms with Gasteiger partial charge in [-0.3, -0.25) is 0 Å². The van der Waals surface area contributed by atoms with Crippen molar-refractivity contribution >= 4 is 70.5 Å². The molecule has 0 amide bonds. The molecule has 11 rings (SSSR count). The summed E-state index contributed by atoms with van der Waals surface area (Å²) in [5.74, 6) is 0.